The molecule has 0 spiro atoms. The topological polar surface area (TPSA) is 48.1 Å². The molecule has 1 heterocycles. The van der Waals surface area contributed by atoms with E-state index in [1.165, 1.54) is 6.20 Å². The van der Waals surface area contributed by atoms with Crippen LogP contribution < -0.4 is 10.5 Å². The molecule has 0 saturated heterocycles. The highest BCUT2D eigenvalue weighted by molar-refractivity contribution is 6.30. The first-order valence-electron chi connectivity index (χ1n) is 5.22. The van der Waals surface area contributed by atoms with Crippen molar-refractivity contribution in [2.45, 2.75) is 13.8 Å². The Morgan fingerprint density at radius 1 is 1.12 bits per heavy atom. The molecule has 0 radical (unpaired) electrons. The molecule has 1 aromatic heterocycles. The molecular formula is C13H13ClN2O. The molecule has 0 aliphatic heterocycles. The predicted octanol–water partition coefficient (Wildman–Crippen LogP) is 3.73. The summed E-state index contributed by atoms with van der Waals surface area (Å²) in [7, 11) is 0. The minimum Gasteiger partial charge on any atom is -0.437 e. The smallest absolute Gasteiger partial charge is 0.242 e. The van der Waals surface area contributed by atoms with Crippen LogP contribution in [0.3, 0.4) is 0 Å². The Hall–Kier alpha value is -1.74. The number of aromatic nitrogens is 1. The monoisotopic (exact) mass is 248 g/mol. The normalized spacial score (nSPS) is 10.3. The number of nitrogens with zero attached hydrogens (tertiary/aromatic N) is 1. The maximum atomic E-state index is 5.77. The highest BCUT2D eigenvalue weighted by atomic mass is 35.5. The van der Waals surface area contributed by atoms with E-state index in [9.17, 15) is 0 Å². The fourth-order valence-corrected chi connectivity index (χ4v) is 1.80. The van der Waals surface area contributed by atoms with Gasteiger partial charge in [0.05, 0.1) is 10.7 Å². The van der Waals surface area contributed by atoms with Gasteiger partial charge in [0.2, 0.25) is 5.88 Å². The van der Waals surface area contributed by atoms with E-state index in [4.69, 9.17) is 22.1 Å². The summed E-state index contributed by atoms with van der Waals surface area (Å²) in [6.45, 7) is 4.02. The molecule has 4 heteroatoms. The third-order valence-electron chi connectivity index (χ3n) is 2.26. The number of ether oxygens (including phenoxy) is 1. The van der Waals surface area contributed by atoms with Gasteiger partial charge in [-0.3, -0.25) is 0 Å². The number of rotatable bonds is 2. The number of nitrogen functional groups attached to an aromatic ring is 1. The predicted molar refractivity (Wildman–Crippen MR) is 69.6 cm³/mol. The molecule has 0 saturated carbocycles. The van der Waals surface area contributed by atoms with Gasteiger partial charge in [-0.15, -0.1) is 0 Å². The average Bonchev–Trinajstić information content (AvgIpc) is 2.21. The molecule has 0 amide bonds. The van der Waals surface area contributed by atoms with Crippen LogP contribution in [0.2, 0.25) is 5.02 Å². The molecule has 0 unspecified atom stereocenters. The molecule has 0 atom stereocenters. The molecule has 0 aliphatic carbocycles. The van der Waals surface area contributed by atoms with Crippen molar-refractivity contribution in [1.82, 2.24) is 4.98 Å². The molecule has 2 aromatic rings. The van der Waals surface area contributed by atoms with Gasteiger partial charge >= 0.3 is 0 Å². The van der Waals surface area contributed by atoms with E-state index in [0.29, 0.717) is 16.6 Å². The summed E-state index contributed by atoms with van der Waals surface area (Å²) in [5, 5.41) is 0.496. The van der Waals surface area contributed by atoms with Gasteiger partial charge in [0.25, 0.3) is 0 Å². The lowest BCUT2D eigenvalue weighted by Gasteiger charge is -2.08. The van der Waals surface area contributed by atoms with Crippen molar-refractivity contribution in [3.63, 3.8) is 0 Å². The van der Waals surface area contributed by atoms with Crippen LogP contribution in [0, 0.1) is 13.8 Å². The summed E-state index contributed by atoms with van der Waals surface area (Å²) in [5.41, 5.74) is 8.46. The summed E-state index contributed by atoms with van der Waals surface area (Å²) in [6.07, 6.45) is 1.51. The van der Waals surface area contributed by atoms with E-state index in [-0.39, 0.29) is 0 Å². The number of hydrogen-bond acceptors (Lipinski definition) is 3. The van der Waals surface area contributed by atoms with Crippen molar-refractivity contribution in [3.8, 4) is 11.6 Å². The van der Waals surface area contributed by atoms with Crippen LogP contribution in [0.1, 0.15) is 11.1 Å². The summed E-state index contributed by atoms with van der Waals surface area (Å²) >= 11 is 5.77. The highest BCUT2D eigenvalue weighted by Crippen LogP contribution is 2.28. The average molecular weight is 249 g/mol. The summed E-state index contributed by atoms with van der Waals surface area (Å²) in [4.78, 5) is 4.05. The zero-order valence-corrected chi connectivity index (χ0v) is 10.5. The van der Waals surface area contributed by atoms with E-state index in [1.54, 1.807) is 6.07 Å². The standard InChI is InChI=1S/C13H13ClN2O/c1-8-3-9(2)5-11(4-8)17-13-12(15)6-10(14)7-16-13/h3-7H,15H2,1-2H3. The fourth-order valence-electron chi connectivity index (χ4n) is 1.63. The number of nitrogens with two attached hydrogens (primary N) is 1. The van der Waals surface area contributed by atoms with Crippen LogP contribution in [-0.4, -0.2) is 4.98 Å². The molecule has 3 nitrogen and oxygen atoms in total. The van der Waals surface area contributed by atoms with Crippen LogP contribution in [0.25, 0.3) is 0 Å². The van der Waals surface area contributed by atoms with E-state index in [2.05, 4.69) is 11.1 Å². The molecule has 88 valence electrons. The third-order valence-corrected chi connectivity index (χ3v) is 2.46. The number of anilines is 1. The summed E-state index contributed by atoms with van der Waals surface area (Å²) < 4.78 is 5.63. The van der Waals surface area contributed by atoms with Gasteiger partial charge in [-0.25, -0.2) is 4.98 Å². The Balaban J connectivity index is 2.31. The lowest BCUT2D eigenvalue weighted by atomic mass is 10.1. The number of aryl methyl sites for hydroxylation is 2. The van der Waals surface area contributed by atoms with Crippen LogP contribution in [0.5, 0.6) is 11.6 Å². The maximum absolute atomic E-state index is 5.77. The Morgan fingerprint density at radius 2 is 1.76 bits per heavy atom. The second-order valence-corrected chi connectivity index (χ2v) is 4.41. The lowest BCUT2D eigenvalue weighted by molar-refractivity contribution is 0.465. The minimum absolute atomic E-state index is 0.374. The second kappa shape index (κ2) is 4.63. The highest BCUT2D eigenvalue weighted by Gasteiger charge is 2.05. The van der Waals surface area contributed by atoms with Crippen molar-refractivity contribution in [2.24, 2.45) is 0 Å². The van der Waals surface area contributed by atoms with Crippen LogP contribution >= 0.6 is 11.6 Å². The largest absolute Gasteiger partial charge is 0.437 e. The quantitative estimate of drug-likeness (QED) is 0.881. The number of hydrogen-bond donors (Lipinski definition) is 1. The first kappa shape index (κ1) is 11.7. The third kappa shape index (κ3) is 2.88. The summed E-state index contributed by atoms with van der Waals surface area (Å²) in [6, 6.07) is 7.56. The zero-order chi connectivity index (χ0) is 12.4. The summed E-state index contributed by atoms with van der Waals surface area (Å²) in [5.74, 6) is 1.10. The van der Waals surface area contributed by atoms with E-state index in [0.717, 1.165) is 16.9 Å². The van der Waals surface area contributed by atoms with Crippen molar-refractivity contribution in [3.05, 3.63) is 46.6 Å². The lowest BCUT2D eigenvalue weighted by Crippen LogP contribution is -1.95. The van der Waals surface area contributed by atoms with E-state index < -0.39 is 0 Å². The maximum Gasteiger partial charge on any atom is 0.242 e. The van der Waals surface area contributed by atoms with Crippen molar-refractivity contribution in [1.29, 1.82) is 0 Å². The molecule has 2 N–H and O–H groups in total. The Morgan fingerprint density at radius 3 is 2.35 bits per heavy atom. The van der Waals surface area contributed by atoms with Gasteiger partial charge in [-0.1, -0.05) is 17.7 Å². The molecule has 2 rings (SSSR count). The van der Waals surface area contributed by atoms with Gasteiger partial charge in [0.1, 0.15) is 5.75 Å². The molecule has 0 bridgehead atoms. The number of pyridine rings is 1. The van der Waals surface area contributed by atoms with Gasteiger partial charge in [-0.05, 0) is 43.2 Å². The second-order valence-electron chi connectivity index (χ2n) is 3.97. The molecular weight excluding hydrogens is 236 g/mol. The van der Waals surface area contributed by atoms with E-state index in [1.807, 2.05) is 26.0 Å². The molecule has 0 fully saturated rings. The van der Waals surface area contributed by atoms with Crippen molar-refractivity contribution in [2.75, 3.05) is 5.73 Å². The Kier molecular flexibility index (Phi) is 3.20. The van der Waals surface area contributed by atoms with Crippen LogP contribution in [0.4, 0.5) is 5.69 Å². The van der Waals surface area contributed by atoms with Gasteiger partial charge < -0.3 is 10.5 Å². The first-order valence-corrected chi connectivity index (χ1v) is 5.59. The van der Waals surface area contributed by atoms with Crippen LogP contribution in [0.15, 0.2) is 30.5 Å². The molecule has 1 aromatic carbocycles. The Labute approximate surface area is 105 Å². The van der Waals surface area contributed by atoms with Gasteiger partial charge in [-0.2, -0.15) is 0 Å². The van der Waals surface area contributed by atoms with Crippen LogP contribution in [-0.2, 0) is 0 Å². The van der Waals surface area contributed by atoms with Gasteiger partial charge in [0, 0.05) is 6.20 Å². The molecule has 0 aliphatic rings. The zero-order valence-electron chi connectivity index (χ0n) is 9.70. The van der Waals surface area contributed by atoms with Crippen molar-refractivity contribution >= 4 is 17.3 Å². The van der Waals surface area contributed by atoms with E-state index >= 15 is 0 Å². The minimum atomic E-state index is 0.374. The molecule has 17 heavy (non-hydrogen) atoms. The fraction of sp³-hybridized carbons (Fsp3) is 0.154. The number of halogens is 1. The SMILES string of the molecule is Cc1cc(C)cc(Oc2ncc(Cl)cc2N)c1. The van der Waals surface area contributed by atoms with Crippen molar-refractivity contribution < 1.29 is 4.74 Å². The number of benzene rings is 1. The first-order chi connectivity index (χ1) is 8.04. The van der Waals surface area contributed by atoms with Gasteiger partial charge in [0.15, 0.2) is 0 Å². The Bertz CT molecular complexity index is 535.